The highest BCUT2D eigenvalue weighted by atomic mass is 16.6. The van der Waals surface area contributed by atoms with Crippen molar-refractivity contribution in [2.24, 2.45) is 0 Å². The van der Waals surface area contributed by atoms with Gasteiger partial charge < -0.3 is 4.74 Å². The summed E-state index contributed by atoms with van der Waals surface area (Å²) in [7, 11) is 0. The number of hydrogen-bond donors (Lipinski definition) is 0. The van der Waals surface area contributed by atoms with Crippen molar-refractivity contribution in [1.29, 1.82) is 0 Å². The fraction of sp³-hybridized carbons (Fsp3) is 0.625. The first kappa shape index (κ1) is 4.79. The normalized spacial score (nSPS) is 15.3. The molecule has 0 aromatic rings. The van der Waals surface area contributed by atoms with Crippen molar-refractivity contribution in [1.82, 2.24) is 0 Å². The molecule has 10 heavy (non-hydrogen) atoms. The molecule has 0 unspecified atom stereocenters. The smallest absolute Gasteiger partial charge is 0.384 e. The second-order valence-electron chi connectivity index (χ2n) is 2.75. The van der Waals surface area contributed by atoms with E-state index in [1.165, 1.54) is 0 Å². The van der Waals surface area contributed by atoms with Crippen LogP contribution in [-0.2, 0) is 9.53 Å². The predicted molar refractivity (Wildman–Crippen MR) is 39.3 cm³/mol. The number of hydrogen-bond acceptors (Lipinski definition) is 2. The summed E-state index contributed by atoms with van der Waals surface area (Å²) in [5.74, 6) is 2.91. The number of esters is 1. The Bertz CT molecular complexity index is 249. The zero-order valence-electron chi connectivity index (χ0n) is 9.32. The molecule has 2 heteroatoms. The largest absolute Gasteiger partial charge is 0.450 e. The number of rotatable bonds is 0. The third-order valence-corrected chi connectivity index (χ3v) is 0.563. The molecular weight excluding hydrogens is 128 g/mol. The van der Waals surface area contributed by atoms with Crippen LogP contribution >= 0.6 is 0 Å². The van der Waals surface area contributed by atoms with Gasteiger partial charge in [0.1, 0.15) is 5.60 Å². The van der Waals surface area contributed by atoms with E-state index >= 15 is 0 Å². The zero-order chi connectivity index (χ0) is 10.7. The molecule has 0 aliphatic carbocycles. The van der Waals surface area contributed by atoms with Gasteiger partial charge in [-0.05, 0) is 27.6 Å². The molecule has 0 aromatic heterocycles. The van der Waals surface area contributed by atoms with Crippen molar-refractivity contribution in [2.45, 2.75) is 33.2 Å². The van der Waals surface area contributed by atoms with Gasteiger partial charge in [-0.2, -0.15) is 0 Å². The number of carbonyl (C=O) groups excluding carboxylic acids is 1. The molecule has 0 saturated carbocycles. The lowest BCUT2D eigenvalue weighted by Gasteiger charge is -2.16. The maximum absolute atomic E-state index is 10.9. The van der Waals surface area contributed by atoms with E-state index in [9.17, 15) is 4.79 Å². The van der Waals surface area contributed by atoms with Crippen molar-refractivity contribution < 1.29 is 13.6 Å². The molecule has 0 fully saturated rings. The van der Waals surface area contributed by atoms with E-state index in [2.05, 4.69) is 0 Å². The first-order valence-corrected chi connectivity index (χ1v) is 2.86. The quantitative estimate of drug-likeness (QED) is 0.291. The van der Waals surface area contributed by atoms with Crippen molar-refractivity contribution >= 4 is 5.97 Å². The van der Waals surface area contributed by atoms with E-state index in [4.69, 9.17) is 8.85 Å². The summed E-state index contributed by atoms with van der Waals surface area (Å²) in [4.78, 5) is 10.9. The third-order valence-electron chi connectivity index (χ3n) is 0.563. The Balaban J connectivity index is 4.23. The van der Waals surface area contributed by atoms with Gasteiger partial charge in [0, 0.05) is 10.0 Å². The van der Waals surface area contributed by atoms with Crippen LogP contribution < -0.4 is 0 Å². The molecule has 0 N–H and O–H groups in total. The van der Waals surface area contributed by atoms with Crippen LogP contribution in [0.25, 0.3) is 0 Å². The molecule has 0 saturated heterocycles. The lowest BCUT2D eigenvalue weighted by molar-refractivity contribution is -0.147. The van der Waals surface area contributed by atoms with Crippen LogP contribution in [0.4, 0.5) is 0 Å². The Morgan fingerprint density at radius 2 is 2.20 bits per heavy atom. The fourth-order valence-corrected chi connectivity index (χ4v) is 0.355. The van der Waals surface area contributed by atoms with Gasteiger partial charge in [0.2, 0.25) is 0 Å². The lowest BCUT2D eigenvalue weighted by Crippen LogP contribution is -2.22. The summed E-state index contributed by atoms with van der Waals surface area (Å²) in [6.45, 7) is 2.64. The minimum absolute atomic E-state index is 0.638. The second-order valence-corrected chi connectivity index (χ2v) is 2.75. The van der Waals surface area contributed by atoms with Crippen LogP contribution in [0.1, 0.15) is 31.7 Å². The van der Waals surface area contributed by atoms with Crippen LogP contribution in [0.5, 0.6) is 0 Å². The van der Waals surface area contributed by atoms with Gasteiger partial charge >= 0.3 is 5.97 Å². The summed E-state index contributed by atoms with van der Waals surface area (Å²) >= 11 is 0. The van der Waals surface area contributed by atoms with Crippen molar-refractivity contribution in [3.63, 3.8) is 0 Å². The molecule has 0 heterocycles. The Hall–Kier alpha value is -0.970. The van der Waals surface area contributed by atoms with E-state index in [1.54, 1.807) is 20.8 Å². The molecule has 0 aliphatic rings. The maximum Gasteiger partial charge on any atom is 0.384 e. The van der Waals surface area contributed by atoms with Crippen molar-refractivity contribution in [3.8, 4) is 11.8 Å². The Morgan fingerprint density at radius 3 is 2.60 bits per heavy atom. The minimum atomic E-state index is -2.41. The Kier molecular flexibility index (Phi) is 1.56. The Morgan fingerprint density at radius 1 is 1.60 bits per heavy atom. The van der Waals surface area contributed by atoms with Gasteiger partial charge in [-0.3, -0.25) is 0 Å². The van der Waals surface area contributed by atoms with Gasteiger partial charge in [0.25, 0.3) is 0 Å². The molecule has 0 aliphatic heterocycles. The topological polar surface area (TPSA) is 26.3 Å². The highest BCUT2D eigenvalue weighted by Gasteiger charge is 2.13. The SMILES string of the molecule is [2H]C([2H])([2H])C#CC(=O)OC(C)(C)C. The summed E-state index contributed by atoms with van der Waals surface area (Å²) in [5.41, 5.74) is -0.638. The number of carbonyl (C=O) groups is 1. The first-order valence-electron chi connectivity index (χ1n) is 4.36. The van der Waals surface area contributed by atoms with Gasteiger partial charge in [-0.15, -0.1) is 0 Å². The van der Waals surface area contributed by atoms with Gasteiger partial charge in [0.15, 0.2) is 0 Å². The molecule has 0 aromatic carbocycles. The number of ether oxygens (including phenoxy) is 1. The molecule has 0 spiro atoms. The van der Waals surface area contributed by atoms with Gasteiger partial charge in [0.05, 0.1) is 0 Å². The fourth-order valence-electron chi connectivity index (χ4n) is 0.355. The molecule has 56 valence electrons. The molecule has 0 rings (SSSR count). The standard InChI is InChI=1S/C8H12O2/c1-5-6-7(9)10-8(2,3)4/h1-4H3/i1D3. The second kappa shape index (κ2) is 3.26. The summed E-state index contributed by atoms with van der Waals surface area (Å²) < 4.78 is 24.9. The molecular formula is C8H12O2. The van der Waals surface area contributed by atoms with Crippen LogP contribution in [-0.4, -0.2) is 11.6 Å². The molecule has 2 nitrogen and oxygen atoms in total. The maximum atomic E-state index is 10.9. The average molecular weight is 143 g/mol. The lowest BCUT2D eigenvalue weighted by atomic mass is 10.2. The first-order chi connectivity index (χ1) is 5.60. The van der Waals surface area contributed by atoms with Crippen LogP contribution in [0.3, 0.4) is 0 Å². The van der Waals surface area contributed by atoms with Gasteiger partial charge in [-0.1, -0.05) is 5.92 Å². The van der Waals surface area contributed by atoms with E-state index in [0.717, 1.165) is 0 Å². The van der Waals surface area contributed by atoms with E-state index in [0.29, 0.717) is 0 Å². The van der Waals surface area contributed by atoms with E-state index in [1.807, 2.05) is 11.8 Å². The molecule has 0 atom stereocenters. The summed E-state index contributed by atoms with van der Waals surface area (Å²) in [6.07, 6.45) is 0. The van der Waals surface area contributed by atoms with Crippen LogP contribution in [0, 0.1) is 11.8 Å². The van der Waals surface area contributed by atoms with Crippen LogP contribution in [0.15, 0.2) is 0 Å². The monoisotopic (exact) mass is 143 g/mol. The molecule has 0 amide bonds. The summed E-state index contributed by atoms with van der Waals surface area (Å²) in [6, 6.07) is 0. The minimum Gasteiger partial charge on any atom is -0.450 e. The predicted octanol–water partition coefficient (Wildman–Crippen LogP) is 1.35. The average Bonchev–Trinajstić information content (AvgIpc) is 1.78. The van der Waals surface area contributed by atoms with E-state index in [-0.39, 0.29) is 0 Å². The Labute approximate surface area is 65.8 Å². The zero-order valence-corrected chi connectivity index (χ0v) is 6.32. The molecule has 0 radical (unpaired) electrons. The van der Waals surface area contributed by atoms with Crippen LogP contribution in [0.2, 0.25) is 0 Å². The highest BCUT2D eigenvalue weighted by Crippen LogP contribution is 2.05. The summed E-state index contributed by atoms with van der Waals surface area (Å²) in [5, 5.41) is 0. The van der Waals surface area contributed by atoms with Crippen molar-refractivity contribution in [3.05, 3.63) is 0 Å². The van der Waals surface area contributed by atoms with Gasteiger partial charge in [-0.25, -0.2) is 4.79 Å². The van der Waals surface area contributed by atoms with E-state index < -0.39 is 18.4 Å². The molecule has 0 bridgehead atoms. The third kappa shape index (κ3) is 5.17. The van der Waals surface area contributed by atoms with Crippen molar-refractivity contribution in [2.75, 3.05) is 0 Å². The highest BCUT2D eigenvalue weighted by molar-refractivity contribution is 5.88.